The van der Waals surface area contributed by atoms with Crippen LogP contribution in [0.1, 0.15) is 24.0 Å². The number of nitrogens with two attached hydrogens (primary N) is 1. The summed E-state index contributed by atoms with van der Waals surface area (Å²) in [7, 11) is 1.56. The van der Waals surface area contributed by atoms with Gasteiger partial charge in [0.1, 0.15) is 5.75 Å². The molecule has 0 heterocycles. The average Bonchev–Trinajstić information content (AvgIpc) is 2.36. The molecule has 0 aliphatic heterocycles. The molecule has 0 fully saturated rings. The maximum atomic E-state index is 10.5. The number of carbonyl (C=O) groups is 1. The first kappa shape index (κ1) is 14.1. The lowest BCUT2D eigenvalue weighted by atomic mass is 10.1. The van der Waals surface area contributed by atoms with Gasteiger partial charge in [-0.1, -0.05) is 17.9 Å². The van der Waals surface area contributed by atoms with Crippen LogP contribution in [0.25, 0.3) is 0 Å². The molecule has 0 bridgehead atoms. The van der Waals surface area contributed by atoms with Crippen molar-refractivity contribution in [2.75, 3.05) is 13.7 Å². The van der Waals surface area contributed by atoms with Crippen molar-refractivity contribution in [2.45, 2.75) is 12.8 Å². The third kappa shape index (κ3) is 4.48. The van der Waals surface area contributed by atoms with Gasteiger partial charge in [0.2, 0.25) is 5.91 Å². The number of aliphatic hydroxyl groups is 1. The number of hydrogen-bond acceptors (Lipinski definition) is 3. The summed E-state index contributed by atoms with van der Waals surface area (Å²) < 4.78 is 5.20. The van der Waals surface area contributed by atoms with Gasteiger partial charge in [0.25, 0.3) is 0 Å². The number of carbonyl (C=O) groups excluding carboxylic acids is 1. The van der Waals surface area contributed by atoms with Crippen LogP contribution in [0.2, 0.25) is 0 Å². The van der Waals surface area contributed by atoms with Crippen molar-refractivity contribution in [3.63, 3.8) is 0 Å². The monoisotopic (exact) mass is 246 g/mol. The predicted molar refractivity (Wildman–Crippen MR) is 68.8 cm³/mol. The van der Waals surface area contributed by atoms with Crippen LogP contribution in [0, 0.1) is 18.3 Å². The van der Waals surface area contributed by atoms with Crippen LogP contribution in [0.5, 0.6) is 5.75 Å². The Kier molecular flexibility index (Phi) is 5.75. The predicted octanol–water partition coefficient (Wildman–Crippen LogP) is 0.857. The first-order valence-electron chi connectivity index (χ1n) is 5.56. The Morgan fingerprint density at radius 2 is 2.33 bits per heavy atom. The summed E-state index contributed by atoms with van der Waals surface area (Å²) in [5, 5.41) is 8.85. The molecule has 0 saturated carbocycles. The molecule has 1 aromatic carbocycles. The second-order valence-corrected chi connectivity index (χ2v) is 3.61. The highest BCUT2D eigenvalue weighted by atomic mass is 16.5. The SMILES string of the molecule is COc1cc(C#CCCC(N)=O)ccc1[CH]CO. The zero-order valence-electron chi connectivity index (χ0n) is 10.3. The lowest BCUT2D eigenvalue weighted by Crippen LogP contribution is -2.08. The molecule has 0 saturated heterocycles. The molecule has 95 valence electrons. The number of hydrogen-bond donors (Lipinski definition) is 2. The summed E-state index contributed by atoms with van der Waals surface area (Å²) in [4.78, 5) is 10.5. The number of amides is 1. The number of benzene rings is 1. The van der Waals surface area contributed by atoms with Gasteiger partial charge in [-0.25, -0.2) is 0 Å². The molecule has 0 aliphatic rings. The Morgan fingerprint density at radius 1 is 1.56 bits per heavy atom. The van der Waals surface area contributed by atoms with Crippen LogP contribution in [0.3, 0.4) is 0 Å². The van der Waals surface area contributed by atoms with Crippen LogP contribution < -0.4 is 10.5 Å². The van der Waals surface area contributed by atoms with Gasteiger partial charge in [-0.05, 0) is 12.1 Å². The lowest BCUT2D eigenvalue weighted by molar-refractivity contribution is -0.117. The van der Waals surface area contributed by atoms with E-state index in [9.17, 15) is 4.79 Å². The number of methoxy groups -OCH3 is 1. The zero-order chi connectivity index (χ0) is 13.4. The van der Waals surface area contributed by atoms with E-state index in [1.165, 1.54) is 0 Å². The molecule has 0 aromatic heterocycles. The summed E-state index contributed by atoms with van der Waals surface area (Å²) >= 11 is 0. The van der Waals surface area contributed by atoms with E-state index in [1.54, 1.807) is 19.6 Å². The van der Waals surface area contributed by atoms with E-state index in [-0.39, 0.29) is 18.9 Å². The fourth-order valence-electron chi connectivity index (χ4n) is 1.41. The van der Waals surface area contributed by atoms with Crippen molar-refractivity contribution in [1.82, 2.24) is 0 Å². The van der Waals surface area contributed by atoms with Crippen molar-refractivity contribution in [3.05, 3.63) is 35.7 Å². The Balaban J connectivity index is 2.75. The molecule has 1 radical (unpaired) electrons. The largest absolute Gasteiger partial charge is 0.496 e. The van der Waals surface area contributed by atoms with Crippen molar-refractivity contribution >= 4 is 5.91 Å². The first-order chi connectivity index (χ1) is 8.67. The van der Waals surface area contributed by atoms with E-state index >= 15 is 0 Å². The van der Waals surface area contributed by atoms with Gasteiger partial charge in [0.05, 0.1) is 13.7 Å². The zero-order valence-corrected chi connectivity index (χ0v) is 10.3. The molecule has 3 N–H and O–H groups in total. The Bertz CT molecular complexity index is 472. The van der Waals surface area contributed by atoms with Crippen LogP contribution in [0.4, 0.5) is 0 Å². The number of aliphatic hydroxyl groups excluding tert-OH is 1. The van der Waals surface area contributed by atoms with Crippen molar-refractivity contribution in [3.8, 4) is 17.6 Å². The average molecular weight is 246 g/mol. The molecule has 0 spiro atoms. The van der Waals surface area contributed by atoms with Gasteiger partial charge >= 0.3 is 0 Å². The molecule has 1 amide bonds. The molecular weight excluding hydrogens is 230 g/mol. The van der Waals surface area contributed by atoms with E-state index in [4.69, 9.17) is 15.6 Å². The van der Waals surface area contributed by atoms with Gasteiger partial charge in [0.15, 0.2) is 0 Å². The van der Waals surface area contributed by atoms with Crippen LogP contribution in [-0.4, -0.2) is 24.7 Å². The summed E-state index contributed by atoms with van der Waals surface area (Å²) in [6, 6.07) is 5.45. The van der Waals surface area contributed by atoms with Gasteiger partial charge in [-0.2, -0.15) is 0 Å². The van der Waals surface area contributed by atoms with Gasteiger partial charge < -0.3 is 15.6 Å². The molecule has 18 heavy (non-hydrogen) atoms. The number of primary amides is 1. The first-order valence-corrected chi connectivity index (χ1v) is 5.56. The maximum Gasteiger partial charge on any atom is 0.218 e. The summed E-state index contributed by atoms with van der Waals surface area (Å²) in [6.45, 7) is -0.0417. The number of rotatable bonds is 5. The highest BCUT2D eigenvalue weighted by Gasteiger charge is 2.02. The fraction of sp³-hybridized carbons (Fsp3) is 0.286. The van der Waals surface area contributed by atoms with Gasteiger partial charge in [0, 0.05) is 30.4 Å². The topological polar surface area (TPSA) is 72.5 Å². The third-order valence-electron chi connectivity index (χ3n) is 2.27. The van der Waals surface area contributed by atoms with Crippen molar-refractivity contribution < 1.29 is 14.6 Å². The van der Waals surface area contributed by atoms with E-state index in [1.807, 2.05) is 12.1 Å². The van der Waals surface area contributed by atoms with Crippen LogP contribution in [-0.2, 0) is 4.79 Å². The standard InChI is InChI=1S/C14H16NO3/c1-18-13-10-11(4-2-3-5-14(15)17)6-7-12(13)8-9-16/h6-8,10,16H,3,5,9H2,1H3,(H2,15,17). The van der Waals surface area contributed by atoms with Crippen molar-refractivity contribution in [2.24, 2.45) is 5.73 Å². The van der Waals surface area contributed by atoms with E-state index in [2.05, 4.69) is 11.8 Å². The smallest absolute Gasteiger partial charge is 0.218 e. The molecular formula is C14H16NO3. The molecule has 4 heteroatoms. The minimum absolute atomic E-state index is 0.0417. The second-order valence-electron chi connectivity index (χ2n) is 3.61. The normalized spacial score (nSPS) is 9.44. The minimum atomic E-state index is -0.352. The van der Waals surface area contributed by atoms with Crippen LogP contribution in [0.15, 0.2) is 18.2 Å². The quantitative estimate of drug-likeness (QED) is 0.757. The lowest BCUT2D eigenvalue weighted by Gasteiger charge is -2.06. The van der Waals surface area contributed by atoms with E-state index < -0.39 is 0 Å². The van der Waals surface area contributed by atoms with Crippen molar-refractivity contribution in [1.29, 1.82) is 0 Å². The van der Waals surface area contributed by atoms with Crippen LogP contribution >= 0.6 is 0 Å². The second kappa shape index (κ2) is 7.36. The Labute approximate surface area is 107 Å². The van der Waals surface area contributed by atoms with Gasteiger partial charge in [-0.15, -0.1) is 0 Å². The fourth-order valence-corrected chi connectivity index (χ4v) is 1.41. The summed E-state index contributed by atoms with van der Waals surface area (Å²) in [5.74, 6) is 6.11. The molecule has 0 unspecified atom stereocenters. The molecule has 4 nitrogen and oxygen atoms in total. The Morgan fingerprint density at radius 3 is 2.94 bits per heavy atom. The minimum Gasteiger partial charge on any atom is -0.496 e. The van der Waals surface area contributed by atoms with E-state index in [0.29, 0.717) is 12.2 Å². The Hall–Kier alpha value is -1.99. The van der Waals surface area contributed by atoms with E-state index in [0.717, 1.165) is 11.1 Å². The maximum absolute atomic E-state index is 10.5. The summed E-state index contributed by atoms with van der Waals surface area (Å²) in [6.07, 6.45) is 2.37. The highest BCUT2D eigenvalue weighted by Crippen LogP contribution is 2.21. The van der Waals surface area contributed by atoms with Gasteiger partial charge in [-0.3, -0.25) is 4.79 Å². The third-order valence-corrected chi connectivity index (χ3v) is 2.27. The highest BCUT2D eigenvalue weighted by molar-refractivity contribution is 5.74. The molecule has 0 atom stereocenters. The summed E-state index contributed by atoms with van der Waals surface area (Å²) in [5.41, 5.74) is 6.64. The number of ether oxygens (including phenoxy) is 1. The molecule has 1 rings (SSSR count). The molecule has 0 aliphatic carbocycles. The molecule has 1 aromatic rings.